The molecule has 0 amide bonds. The van der Waals surface area contributed by atoms with Gasteiger partial charge in [0.25, 0.3) is 0 Å². The molecule has 1 aliphatic heterocycles. The van der Waals surface area contributed by atoms with Gasteiger partial charge in [0.1, 0.15) is 0 Å². The van der Waals surface area contributed by atoms with Gasteiger partial charge >= 0.3 is 0 Å². The maximum atomic E-state index is 4.70. The summed E-state index contributed by atoms with van der Waals surface area (Å²) in [6, 6.07) is 2.14. The molecule has 0 unspecified atom stereocenters. The zero-order chi connectivity index (χ0) is 14.1. The molecule has 3 nitrogen and oxygen atoms in total. The summed E-state index contributed by atoms with van der Waals surface area (Å²) in [5.41, 5.74) is 3.97. The van der Waals surface area contributed by atoms with Crippen molar-refractivity contribution in [3.05, 3.63) is 36.2 Å². The molecule has 0 saturated carbocycles. The minimum atomic E-state index is 0.850. The number of fused-ring (bicyclic) bond motifs is 1. The number of hydrogen-bond donors (Lipinski definition) is 0. The Balaban J connectivity index is 2.21. The summed E-state index contributed by atoms with van der Waals surface area (Å²) in [4.78, 5) is 7.15. The van der Waals surface area contributed by atoms with Crippen LogP contribution < -0.4 is 4.90 Å². The minimum absolute atomic E-state index is 0.850. The van der Waals surface area contributed by atoms with Gasteiger partial charge in [-0.1, -0.05) is 6.08 Å². The minimum Gasteiger partial charge on any atom is -0.355 e. The number of aryl methyl sites for hydroxylation is 1. The van der Waals surface area contributed by atoms with Gasteiger partial charge in [0.2, 0.25) is 0 Å². The zero-order valence-corrected chi connectivity index (χ0v) is 12.5. The summed E-state index contributed by atoms with van der Waals surface area (Å²) < 4.78 is 2.36. The molecule has 0 aliphatic carbocycles. The number of piperidine rings is 1. The molecule has 2 aromatic rings. The first-order valence-corrected chi connectivity index (χ1v) is 7.54. The van der Waals surface area contributed by atoms with Crippen LogP contribution in [0.25, 0.3) is 10.9 Å². The quantitative estimate of drug-likeness (QED) is 0.790. The monoisotopic (exact) mass is 269 g/mol. The molecule has 1 fully saturated rings. The van der Waals surface area contributed by atoms with Crippen LogP contribution in [0, 0.1) is 13.8 Å². The third-order valence-electron chi connectivity index (χ3n) is 4.49. The van der Waals surface area contributed by atoms with Crippen molar-refractivity contribution in [1.29, 1.82) is 0 Å². The maximum absolute atomic E-state index is 4.70. The fraction of sp³-hybridized carbons (Fsp3) is 0.471. The summed E-state index contributed by atoms with van der Waals surface area (Å²) in [7, 11) is 0. The van der Waals surface area contributed by atoms with Crippen molar-refractivity contribution < 1.29 is 0 Å². The Labute approximate surface area is 120 Å². The van der Waals surface area contributed by atoms with Crippen molar-refractivity contribution in [2.24, 2.45) is 0 Å². The van der Waals surface area contributed by atoms with Crippen LogP contribution in [0.1, 0.15) is 30.5 Å². The molecule has 3 rings (SSSR count). The van der Waals surface area contributed by atoms with Gasteiger partial charge in [0.15, 0.2) is 5.82 Å². The molecule has 0 spiro atoms. The van der Waals surface area contributed by atoms with Gasteiger partial charge in [0.05, 0.1) is 5.52 Å². The Bertz CT molecular complexity index is 633. The molecule has 0 aromatic carbocycles. The van der Waals surface area contributed by atoms with Gasteiger partial charge in [0, 0.05) is 36.9 Å². The fourth-order valence-corrected chi connectivity index (χ4v) is 3.27. The third kappa shape index (κ3) is 2.01. The molecule has 1 aliphatic rings. The second-order valence-electron chi connectivity index (χ2n) is 5.69. The molecular weight excluding hydrogens is 246 g/mol. The summed E-state index contributed by atoms with van der Waals surface area (Å²) in [5.74, 6) is 1.15. The molecule has 3 heterocycles. The highest BCUT2D eigenvalue weighted by Gasteiger charge is 2.19. The molecule has 0 bridgehead atoms. The summed E-state index contributed by atoms with van der Waals surface area (Å²) in [6.45, 7) is 11.4. The first-order chi connectivity index (χ1) is 9.74. The zero-order valence-electron chi connectivity index (χ0n) is 12.5. The van der Waals surface area contributed by atoms with Crippen molar-refractivity contribution in [3.63, 3.8) is 0 Å². The smallest absolute Gasteiger partial charge is 0.153 e. The first-order valence-electron chi connectivity index (χ1n) is 7.54. The molecule has 0 radical (unpaired) electrons. The Kier molecular flexibility index (Phi) is 3.51. The Hall–Kier alpha value is -1.77. The van der Waals surface area contributed by atoms with E-state index in [0.717, 1.165) is 25.5 Å². The van der Waals surface area contributed by atoms with Crippen molar-refractivity contribution >= 4 is 16.7 Å². The molecule has 1 saturated heterocycles. The number of aromatic nitrogens is 2. The second kappa shape index (κ2) is 5.31. The van der Waals surface area contributed by atoms with Crippen LogP contribution in [-0.4, -0.2) is 22.6 Å². The Morgan fingerprint density at radius 2 is 2.00 bits per heavy atom. The molecule has 0 N–H and O–H groups in total. The van der Waals surface area contributed by atoms with E-state index in [-0.39, 0.29) is 0 Å². The highest BCUT2D eigenvalue weighted by Crippen LogP contribution is 2.32. The number of anilines is 1. The fourth-order valence-electron chi connectivity index (χ4n) is 3.27. The SMILES string of the molecule is C=CCn1c(C)c(C)c2ccnc(N3CCCCC3)c21. The Morgan fingerprint density at radius 1 is 1.25 bits per heavy atom. The van der Waals surface area contributed by atoms with E-state index in [9.17, 15) is 0 Å². The predicted molar refractivity (Wildman–Crippen MR) is 85.5 cm³/mol. The predicted octanol–water partition coefficient (Wildman–Crippen LogP) is 3.83. The average Bonchev–Trinajstić information content (AvgIpc) is 2.74. The van der Waals surface area contributed by atoms with Crippen LogP contribution in [0.15, 0.2) is 24.9 Å². The van der Waals surface area contributed by atoms with Crippen molar-refractivity contribution in [3.8, 4) is 0 Å². The largest absolute Gasteiger partial charge is 0.355 e. The average molecular weight is 269 g/mol. The maximum Gasteiger partial charge on any atom is 0.153 e. The van der Waals surface area contributed by atoms with Crippen molar-refractivity contribution in [2.45, 2.75) is 39.7 Å². The number of nitrogens with zero attached hydrogens (tertiary/aromatic N) is 3. The van der Waals surface area contributed by atoms with Crippen molar-refractivity contribution in [1.82, 2.24) is 9.55 Å². The summed E-state index contributed by atoms with van der Waals surface area (Å²) in [6.07, 6.45) is 7.82. The molecule has 0 atom stereocenters. The highest BCUT2D eigenvalue weighted by molar-refractivity contribution is 5.93. The summed E-state index contributed by atoms with van der Waals surface area (Å²) in [5, 5.41) is 1.33. The van der Waals surface area contributed by atoms with Gasteiger partial charge < -0.3 is 9.47 Å². The number of rotatable bonds is 3. The standard InChI is InChI=1S/C17H23N3/c1-4-10-20-14(3)13(2)15-8-9-18-17(16(15)20)19-11-6-5-7-12-19/h4,8-9H,1,5-7,10-12H2,2-3H3. The van der Waals surface area contributed by atoms with Crippen LogP contribution >= 0.6 is 0 Å². The van der Waals surface area contributed by atoms with Crippen LogP contribution in [-0.2, 0) is 6.54 Å². The molecule has 106 valence electrons. The number of pyridine rings is 1. The van der Waals surface area contributed by atoms with E-state index in [1.165, 1.54) is 41.4 Å². The lowest BCUT2D eigenvalue weighted by molar-refractivity contribution is 0.574. The van der Waals surface area contributed by atoms with E-state index in [1.54, 1.807) is 0 Å². The van der Waals surface area contributed by atoms with E-state index < -0.39 is 0 Å². The van der Waals surface area contributed by atoms with E-state index in [4.69, 9.17) is 4.98 Å². The van der Waals surface area contributed by atoms with Gasteiger partial charge in [-0.2, -0.15) is 0 Å². The number of hydrogen-bond acceptors (Lipinski definition) is 2. The first kappa shape index (κ1) is 13.2. The van der Waals surface area contributed by atoms with Crippen LogP contribution in [0.3, 0.4) is 0 Å². The molecule has 3 heteroatoms. The second-order valence-corrected chi connectivity index (χ2v) is 5.69. The molecule has 20 heavy (non-hydrogen) atoms. The van der Waals surface area contributed by atoms with Crippen LogP contribution in [0.2, 0.25) is 0 Å². The van der Waals surface area contributed by atoms with Crippen LogP contribution in [0.4, 0.5) is 5.82 Å². The third-order valence-corrected chi connectivity index (χ3v) is 4.49. The lowest BCUT2D eigenvalue weighted by atomic mass is 10.1. The van der Waals surface area contributed by atoms with Crippen LogP contribution in [0.5, 0.6) is 0 Å². The highest BCUT2D eigenvalue weighted by atomic mass is 15.2. The van der Waals surface area contributed by atoms with E-state index in [0.29, 0.717) is 0 Å². The molecular formula is C17H23N3. The topological polar surface area (TPSA) is 21.1 Å². The van der Waals surface area contributed by atoms with E-state index in [1.807, 2.05) is 12.3 Å². The van der Waals surface area contributed by atoms with Gasteiger partial charge in [-0.25, -0.2) is 4.98 Å². The van der Waals surface area contributed by atoms with Gasteiger partial charge in [-0.05, 0) is 44.7 Å². The van der Waals surface area contributed by atoms with E-state index in [2.05, 4.69) is 36.0 Å². The lowest BCUT2D eigenvalue weighted by Crippen LogP contribution is -2.30. The summed E-state index contributed by atoms with van der Waals surface area (Å²) >= 11 is 0. The van der Waals surface area contributed by atoms with Crippen molar-refractivity contribution in [2.75, 3.05) is 18.0 Å². The van der Waals surface area contributed by atoms with Gasteiger partial charge in [-0.3, -0.25) is 0 Å². The molecule has 2 aromatic heterocycles. The normalized spacial score (nSPS) is 15.8. The lowest BCUT2D eigenvalue weighted by Gasteiger charge is -2.28. The van der Waals surface area contributed by atoms with Gasteiger partial charge in [-0.15, -0.1) is 6.58 Å². The van der Waals surface area contributed by atoms with E-state index >= 15 is 0 Å². The number of allylic oxidation sites excluding steroid dienone is 1. The Morgan fingerprint density at radius 3 is 2.70 bits per heavy atom.